The molecule has 2 N–H and O–H groups in total. The van der Waals surface area contributed by atoms with Crippen molar-refractivity contribution in [3.05, 3.63) is 52.5 Å². The molecule has 6 nitrogen and oxygen atoms in total. The van der Waals surface area contributed by atoms with Crippen molar-refractivity contribution in [1.29, 1.82) is 0 Å². The molecule has 1 aliphatic rings. The summed E-state index contributed by atoms with van der Waals surface area (Å²) in [7, 11) is 1.60. The normalized spacial score (nSPS) is 15.4. The summed E-state index contributed by atoms with van der Waals surface area (Å²) in [6, 6.07) is 12.8. The largest absolute Gasteiger partial charge is 0.497 e. The molecule has 1 heterocycles. The quantitative estimate of drug-likeness (QED) is 0.782. The van der Waals surface area contributed by atoms with Crippen molar-refractivity contribution in [1.82, 2.24) is 5.32 Å². The van der Waals surface area contributed by atoms with Crippen molar-refractivity contribution < 1.29 is 19.1 Å². The van der Waals surface area contributed by atoms with Crippen LogP contribution in [0.5, 0.6) is 11.5 Å². The van der Waals surface area contributed by atoms with Crippen molar-refractivity contribution in [3.63, 3.8) is 0 Å². The van der Waals surface area contributed by atoms with Crippen LogP contribution in [0.2, 0.25) is 0 Å². The molecule has 0 spiro atoms. The van der Waals surface area contributed by atoms with Crippen molar-refractivity contribution in [2.24, 2.45) is 5.92 Å². The Labute approximate surface area is 160 Å². The zero-order chi connectivity index (χ0) is 18.5. The molecule has 0 aromatic heterocycles. The number of anilines is 1. The van der Waals surface area contributed by atoms with E-state index in [4.69, 9.17) is 9.47 Å². The summed E-state index contributed by atoms with van der Waals surface area (Å²) in [5.41, 5.74) is 1.60. The number of ether oxygens (including phenoxy) is 2. The highest BCUT2D eigenvalue weighted by atomic mass is 79.9. The van der Waals surface area contributed by atoms with Gasteiger partial charge in [-0.05, 0) is 54.4 Å². The zero-order valence-corrected chi connectivity index (χ0v) is 15.8. The predicted octanol–water partition coefficient (Wildman–Crippen LogP) is 2.76. The number of nitrogens with one attached hydrogen (secondary N) is 2. The second-order valence-electron chi connectivity index (χ2n) is 5.96. The first kappa shape index (κ1) is 18.3. The van der Waals surface area contributed by atoms with E-state index in [0.717, 1.165) is 21.5 Å². The minimum Gasteiger partial charge on any atom is -0.497 e. The van der Waals surface area contributed by atoms with Gasteiger partial charge < -0.3 is 20.1 Å². The van der Waals surface area contributed by atoms with E-state index in [0.29, 0.717) is 18.7 Å². The minimum absolute atomic E-state index is 0.0869. The first-order chi connectivity index (χ1) is 12.5. The molecule has 136 valence electrons. The van der Waals surface area contributed by atoms with E-state index in [9.17, 15) is 9.59 Å². The molecule has 1 unspecified atom stereocenters. The maximum Gasteiger partial charge on any atom is 0.243 e. The summed E-state index contributed by atoms with van der Waals surface area (Å²) >= 11 is 3.34. The summed E-state index contributed by atoms with van der Waals surface area (Å²) in [5, 5.41) is 5.41. The molecule has 0 radical (unpaired) electrons. The summed E-state index contributed by atoms with van der Waals surface area (Å²) in [6.45, 7) is 0.204. The number of hydrogen-bond donors (Lipinski definition) is 2. The van der Waals surface area contributed by atoms with Crippen LogP contribution in [-0.2, 0) is 16.0 Å². The van der Waals surface area contributed by atoms with Crippen LogP contribution in [0.3, 0.4) is 0 Å². The average Bonchev–Trinajstić information content (AvgIpc) is 2.67. The average molecular weight is 419 g/mol. The Morgan fingerprint density at radius 1 is 1.23 bits per heavy atom. The lowest BCUT2D eigenvalue weighted by Crippen LogP contribution is -2.40. The first-order valence-electron chi connectivity index (χ1n) is 8.18. The Kier molecular flexibility index (Phi) is 5.78. The fourth-order valence-electron chi connectivity index (χ4n) is 2.72. The van der Waals surface area contributed by atoms with E-state index < -0.39 is 0 Å². The Balaban J connectivity index is 1.52. The molecule has 3 rings (SSSR count). The molecule has 0 aliphatic carbocycles. The van der Waals surface area contributed by atoms with Crippen LogP contribution >= 0.6 is 15.9 Å². The molecule has 1 aliphatic heterocycles. The van der Waals surface area contributed by atoms with Crippen molar-refractivity contribution >= 4 is 33.4 Å². The van der Waals surface area contributed by atoms with Crippen LogP contribution in [0.4, 0.5) is 5.69 Å². The van der Waals surface area contributed by atoms with Crippen molar-refractivity contribution in [2.45, 2.75) is 6.42 Å². The Morgan fingerprint density at radius 3 is 2.73 bits per heavy atom. The predicted molar refractivity (Wildman–Crippen MR) is 101 cm³/mol. The molecule has 7 heteroatoms. The molecule has 0 saturated carbocycles. The highest BCUT2D eigenvalue weighted by molar-refractivity contribution is 9.10. The van der Waals surface area contributed by atoms with E-state index in [2.05, 4.69) is 26.6 Å². The topological polar surface area (TPSA) is 76.7 Å². The number of rotatable bonds is 5. The molecule has 2 aromatic carbocycles. The number of halogens is 1. The van der Waals surface area contributed by atoms with Gasteiger partial charge in [-0.3, -0.25) is 9.59 Å². The second kappa shape index (κ2) is 8.23. The highest BCUT2D eigenvalue weighted by Gasteiger charge is 2.26. The Hall–Kier alpha value is -2.54. The second-order valence-corrected chi connectivity index (χ2v) is 6.87. The number of fused-ring (bicyclic) bond motifs is 1. The number of amides is 2. The van der Waals surface area contributed by atoms with Gasteiger partial charge in [-0.2, -0.15) is 0 Å². The van der Waals surface area contributed by atoms with Gasteiger partial charge in [0, 0.05) is 10.2 Å². The van der Waals surface area contributed by atoms with Gasteiger partial charge in [0.05, 0.1) is 19.6 Å². The Morgan fingerprint density at radius 2 is 2.00 bits per heavy atom. The number of hydrogen-bond acceptors (Lipinski definition) is 4. The van der Waals surface area contributed by atoms with Gasteiger partial charge in [0.25, 0.3) is 0 Å². The van der Waals surface area contributed by atoms with Gasteiger partial charge >= 0.3 is 0 Å². The number of carbonyl (C=O) groups is 2. The fourth-order valence-corrected chi connectivity index (χ4v) is 2.98. The lowest BCUT2D eigenvalue weighted by atomic mass is 9.96. The smallest absolute Gasteiger partial charge is 0.243 e. The molecule has 26 heavy (non-hydrogen) atoms. The number of carbonyl (C=O) groups excluding carboxylic acids is 2. The molecule has 2 amide bonds. The van der Waals surface area contributed by atoms with Crippen LogP contribution in [-0.4, -0.2) is 32.1 Å². The zero-order valence-electron chi connectivity index (χ0n) is 14.3. The summed E-state index contributed by atoms with van der Waals surface area (Å²) in [5.74, 6) is 0.670. The van der Waals surface area contributed by atoms with E-state index in [-0.39, 0.29) is 24.3 Å². The van der Waals surface area contributed by atoms with E-state index in [1.807, 2.05) is 30.3 Å². The van der Waals surface area contributed by atoms with E-state index in [1.54, 1.807) is 19.2 Å². The molecular formula is C19H19BrN2O4. The SMILES string of the molecule is COc1ccc2c(c1)CC(C(=O)NCC(=O)Nc1ccc(Br)cc1)CO2. The van der Waals surface area contributed by atoms with Gasteiger partial charge in [0.1, 0.15) is 18.1 Å². The maximum absolute atomic E-state index is 12.4. The molecule has 0 saturated heterocycles. The minimum atomic E-state index is -0.338. The van der Waals surface area contributed by atoms with Gasteiger partial charge in [0.2, 0.25) is 11.8 Å². The van der Waals surface area contributed by atoms with Crippen LogP contribution in [0, 0.1) is 5.92 Å². The standard InChI is InChI=1S/C19H19BrN2O4/c1-25-16-6-7-17-12(9-16)8-13(11-26-17)19(24)21-10-18(23)22-15-4-2-14(20)3-5-15/h2-7,9,13H,8,10-11H2,1H3,(H,21,24)(H,22,23). The highest BCUT2D eigenvalue weighted by Crippen LogP contribution is 2.30. The van der Waals surface area contributed by atoms with Gasteiger partial charge in [-0.25, -0.2) is 0 Å². The number of benzene rings is 2. The number of methoxy groups -OCH3 is 1. The third-order valence-corrected chi connectivity index (χ3v) is 4.62. The van der Waals surface area contributed by atoms with Gasteiger partial charge in [-0.15, -0.1) is 0 Å². The van der Waals surface area contributed by atoms with E-state index in [1.165, 1.54) is 0 Å². The van der Waals surface area contributed by atoms with Gasteiger partial charge in [-0.1, -0.05) is 15.9 Å². The monoisotopic (exact) mass is 418 g/mol. The van der Waals surface area contributed by atoms with Gasteiger partial charge in [0.15, 0.2) is 0 Å². The first-order valence-corrected chi connectivity index (χ1v) is 8.97. The summed E-state index contributed by atoms with van der Waals surface area (Å²) in [4.78, 5) is 24.3. The summed E-state index contributed by atoms with van der Waals surface area (Å²) < 4.78 is 11.8. The van der Waals surface area contributed by atoms with Crippen molar-refractivity contribution in [3.8, 4) is 11.5 Å². The maximum atomic E-state index is 12.4. The summed E-state index contributed by atoms with van der Waals surface area (Å²) in [6.07, 6.45) is 0.548. The lowest BCUT2D eigenvalue weighted by Gasteiger charge is -2.24. The fraction of sp³-hybridized carbons (Fsp3) is 0.263. The molecular weight excluding hydrogens is 400 g/mol. The third-order valence-electron chi connectivity index (χ3n) is 4.10. The van der Waals surface area contributed by atoms with E-state index >= 15 is 0 Å². The molecule has 0 bridgehead atoms. The van der Waals surface area contributed by atoms with Crippen LogP contribution in [0.1, 0.15) is 5.56 Å². The van der Waals surface area contributed by atoms with Crippen LogP contribution in [0.15, 0.2) is 46.9 Å². The molecule has 0 fully saturated rings. The third kappa shape index (κ3) is 4.54. The molecule has 1 atom stereocenters. The molecule has 2 aromatic rings. The van der Waals surface area contributed by atoms with Crippen molar-refractivity contribution in [2.75, 3.05) is 25.6 Å². The Bertz CT molecular complexity index is 808. The lowest BCUT2D eigenvalue weighted by molar-refractivity contribution is -0.128. The van der Waals surface area contributed by atoms with Crippen LogP contribution < -0.4 is 20.1 Å². The van der Waals surface area contributed by atoms with Crippen LogP contribution in [0.25, 0.3) is 0 Å².